The van der Waals surface area contributed by atoms with Crippen LogP contribution in [0.2, 0.25) is 5.02 Å². The lowest BCUT2D eigenvalue weighted by Gasteiger charge is -2.24. The molecule has 0 amide bonds. The van der Waals surface area contributed by atoms with Crippen molar-refractivity contribution in [2.45, 2.75) is 38.1 Å². The van der Waals surface area contributed by atoms with Crippen molar-refractivity contribution in [1.82, 2.24) is 0 Å². The number of carboxylic acid groups (broad SMARTS) is 1. The number of halogens is 1. The van der Waals surface area contributed by atoms with Crippen molar-refractivity contribution in [2.24, 2.45) is 5.73 Å². The molecule has 5 heteroatoms. The van der Waals surface area contributed by atoms with Gasteiger partial charge in [-0.1, -0.05) is 11.6 Å². The van der Waals surface area contributed by atoms with E-state index in [9.17, 15) is 9.90 Å². The number of aliphatic carboxylic acids is 1. The minimum atomic E-state index is -0.980. The van der Waals surface area contributed by atoms with Crippen molar-refractivity contribution in [2.75, 3.05) is 0 Å². The van der Waals surface area contributed by atoms with Gasteiger partial charge in [-0.25, -0.2) is 0 Å². The van der Waals surface area contributed by atoms with E-state index in [4.69, 9.17) is 22.4 Å². The van der Waals surface area contributed by atoms with Crippen LogP contribution < -0.4 is 5.73 Å². The molecule has 0 saturated carbocycles. The van der Waals surface area contributed by atoms with Crippen molar-refractivity contribution in [3.8, 4) is 5.75 Å². The fourth-order valence-corrected chi connectivity index (χ4v) is 2.81. The maximum absolute atomic E-state index is 10.8. The Morgan fingerprint density at radius 1 is 1.44 bits per heavy atom. The number of phenols is 1. The van der Waals surface area contributed by atoms with E-state index in [0.717, 1.165) is 36.8 Å². The zero-order valence-electron chi connectivity index (χ0n) is 9.95. The highest BCUT2D eigenvalue weighted by Crippen LogP contribution is 2.39. The number of benzene rings is 1. The minimum Gasteiger partial charge on any atom is -0.506 e. The summed E-state index contributed by atoms with van der Waals surface area (Å²) in [4.78, 5) is 10.8. The molecule has 98 valence electrons. The highest BCUT2D eigenvalue weighted by Gasteiger charge is 2.24. The van der Waals surface area contributed by atoms with E-state index in [2.05, 4.69) is 0 Å². The number of phenolic OH excluding ortho intramolecular Hbond substituents is 1. The molecule has 2 rings (SSSR count). The number of aryl methyl sites for hydroxylation is 1. The second kappa shape index (κ2) is 5.16. The van der Waals surface area contributed by atoms with Crippen LogP contribution in [-0.2, 0) is 17.6 Å². The average Bonchev–Trinajstić information content (AvgIpc) is 2.29. The number of rotatable bonds is 3. The molecule has 1 unspecified atom stereocenters. The van der Waals surface area contributed by atoms with Gasteiger partial charge in [0.2, 0.25) is 0 Å². The molecule has 0 aliphatic heterocycles. The Bertz CT molecular complexity index is 488. The Labute approximate surface area is 110 Å². The SMILES string of the molecule is NC(CC(=O)O)c1c(O)c(Cl)cc2c1CCCC2. The predicted octanol–water partition coefficient (Wildman–Crippen LogP) is 2.40. The molecule has 0 radical (unpaired) electrons. The van der Waals surface area contributed by atoms with Crippen LogP contribution in [0, 0.1) is 0 Å². The summed E-state index contributed by atoms with van der Waals surface area (Å²) in [5.74, 6) is -1.04. The van der Waals surface area contributed by atoms with Gasteiger partial charge in [0.25, 0.3) is 0 Å². The molecule has 1 aromatic rings. The summed E-state index contributed by atoms with van der Waals surface area (Å²) in [6.07, 6.45) is 3.63. The largest absolute Gasteiger partial charge is 0.506 e. The standard InChI is InChI=1S/C13H16ClNO3/c14-9-5-7-3-1-2-4-8(7)12(13(9)18)10(15)6-11(16)17/h5,10,18H,1-4,6,15H2,(H,16,17). The van der Waals surface area contributed by atoms with Gasteiger partial charge >= 0.3 is 5.97 Å². The fraction of sp³-hybridized carbons (Fsp3) is 0.462. The van der Waals surface area contributed by atoms with Crippen LogP contribution in [0.3, 0.4) is 0 Å². The van der Waals surface area contributed by atoms with Crippen LogP contribution in [0.15, 0.2) is 6.07 Å². The number of nitrogens with two attached hydrogens (primary N) is 1. The first-order valence-electron chi connectivity index (χ1n) is 6.01. The Morgan fingerprint density at radius 3 is 2.78 bits per heavy atom. The van der Waals surface area contributed by atoms with E-state index in [1.165, 1.54) is 0 Å². The van der Waals surface area contributed by atoms with E-state index >= 15 is 0 Å². The quantitative estimate of drug-likeness (QED) is 0.787. The number of hydrogen-bond acceptors (Lipinski definition) is 3. The molecule has 0 spiro atoms. The zero-order valence-corrected chi connectivity index (χ0v) is 10.7. The van der Waals surface area contributed by atoms with Crippen LogP contribution in [0.1, 0.15) is 42.0 Å². The van der Waals surface area contributed by atoms with Gasteiger partial charge in [-0.15, -0.1) is 0 Å². The van der Waals surface area contributed by atoms with E-state index < -0.39 is 12.0 Å². The molecule has 0 aromatic heterocycles. The normalized spacial score (nSPS) is 16.1. The molecule has 4 N–H and O–H groups in total. The smallest absolute Gasteiger partial charge is 0.305 e. The molecule has 18 heavy (non-hydrogen) atoms. The third-order valence-electron chi connectivity index (χ3n) is 3.38. The highest BCUT2D eigenvalue weighted by atomic mass is 35.5. The molecular formula is C13H16ClNO3. The lowest BCUT2D eigenvalue weighted by Crippen LogP contribution is -2.19. The van der Waals surface area contributed by atoms with Gasteiger partial charge in [0, 0.05) is 11.6 Å². The molecule has 1 aromatic carbocycles. The lowest BCUT2D eigenvalue weighted by atomic mass is 9.85. The third-order valence-corrected chi connectivity index (χ3v) is 3.67. The second-order valence-electron chi connectivity index (χ2n) is 4.67. The summed E-state index contributed by atoms with van der Waals surface area (Å²) in [5, 5.41) is 19.1. The Hall–Kier alpha value is -1.26. The topological polar surface area (TPSA) is 83.6 Å². The Morgan fingerprint density at radius 2 is 2.11 bits per heavy atom. The maximum atomic E-state index is 10.8. The van der Waals surface area contributed by atoms with Gasteiger partial charge in [-0.05, 0) is 42.9 Å². The number of carboxylic acids is 1. The summed E-state index contributed by atoms with van der Waals surface area (Å²) in [5.41, 5.74) is 8.47. The van der Waals surface area contributed by atoms with Crippen molar-refractivity contribution in [3.63, 3.8) is 0 Å². The lowest BCUT2D eigenvalue weighted by molar-refractivity contribution is -0.137. The zero-order chi connectivity index (χ0) is 13.3. The van der Waals surface area contributed by atoms with Crippen LogP contribution in [0.4, 0.5) is 0 Å². The molecule has 1 aliphatic rings. The molecule has 0 fully saturated rings. The van der Waals surface area contributed by atoms with E-state index in [1.807, 2.05) is 0 Å². The predicted molar refractivity (Wildman–Crippen MR) is 68.9 cm³/mol. The number of fused-ring (bicyclic) bond motifs is 1. The van der Waals surface area contributed by atoms with Crippen LogP contribution in [-0.4, -0.2) is 16.2 Å². The summed E-state index contributed by atoms with van der Waals surface area (Å²) in [7, 11) is 0. The summed E-state index contributed by atoms with van der Waals surface area (Å²) in [6, 6.07) is 1.05. The van der Waals surface area contributed by atoms with Crippen LogP contribution in [0.25, 0.3) is 0 Å². The van der Waals surface area contributed by atoms with Crippen molar-refractivity contribution in [1.29, 1.82) is 0 Å². The first kappa shape index (κ1) is 13.2. The molecule has 4 nitrogen and oxygen atoms in total. The van der Waals surface area contributed by atoms with Gasteiger partial charge in [0.1, 0.15) is 5.75 Å². The number of aromatic hydroxyl groups is 1. The van der Waals surface area contributed by atoms with Crippen molar-refractivity contribution >= 4 is 17.6 Å². The summed E-state index contributed by atoms with van der Waals surface area (Å²) in [6.45, 7) is 0. The number of carbonyl (C=O) groups is 1. The van der Waals surface area contributed by atoms with Gasteiger partial charge in [-0.2, -0.15) is 0 Å². The van der Waals surface area contributed by atoms with Crippen LogP contribution in [0.5, 0.6) is 5.75 Å². The maximum Gasteiger partial charge on any atom is 0.305 e. The molecule has 1 aliphatic carbocycles. The van der Waals surface area contributed by atoms with Crippen molar-refractivity contribution < 1.29 is 15.0 Å². The second-order valence-corrected chi connectivity index (χ2v) is 5.08. The van der Waals surface area contributed by atoms with Gasteiger partial charge in [0.05, 0.1) is 11.4 Å². The summed E-state index contributed by atoms with van der Waals surface area (Å²) >= 11 is 5.98. The highest BCUT2D eigenvalue weighted by molar-refractivity contribution is 6.32. The van der Waals surface area contributed by atoms with Crippen LogP contribution >= 0.6 is 11.6 Å². The molecule has 0 saturated heterocycles. The minimum absolute atomic E-state index is 0.0638. The van der Waals surface area contributed by atoms with Gasteiger partial charge in [-0.3, -0.25) is 4.79 Å². The van der Waals surface area contributed by atoms with Gasteiger partial charge in [0.15, 0.2) is 0 Å². The molecule has 0 heterocycles. The Balaban J connectivity index is 2.49. The first-order valence-corrected chi connectivity index (χ1v) is 6.39. The van der Waals surface area contributed by atoms with Gasteiger partial charge < -0.3 is 15.9 Å². The summed E-state index contributed by atoms with van der Waals surface area (Å²) < 4.78 is 0. The monoisotopic (exact) mass is 269 g/mol. The number of hydrogen-bond donors (Lipinski definition) is 3. The fourth-order valence-electron chi connectivity index (χ4n) is 2.58. The molecule has 1 atom stereocenters. The first-order chi connectivity index (χ1) is 8.50. The molecular weight excluding hydrogens is 254 g/mol. The van der Waals surface area contributed by atoms with E-state index in [0.29, 0.717) is 5.56 Å². The third kappa shape index (κ3) is 2.44. The van der Waals surface area contributed by atoms with E-state index in [1.54, 1.807) is 6.07 Å². The van der Waals surface area contributed by atoms with E-state index in [-0.39, 0.29) is 17.2 Å². The molecule has 0 bridgehead atoms. The Kier molecular flexibility index (Phi) is 3.78. The van der Waals surface area contributed by atoms with Crippen molar-refractivity contribution in [3.05, 3.63) is 27.8 Å². The average molecular weight is 270 g/mol.